The Labute approximate surface area is 184 Å². The Hall–Kier alpha value is -2.26. The lowest BCUT2D eigenvalue weighted by atomic mass is 10.1. The fraction of sp³-hybridized carbons (Fsp3) is 0.435. The van der Waals surface area contributed by atoms with Crippen LogP contribution in [0.5, 0.6) is 0 Å². The fourth-order valence-electron chi connectivity index (χ4n) is 4.02. The van der Waals surface area contributed by atoms with Crippen LogP contribution in [0.4, 0.5) is 5.69 Å². The van der Waals surface area contributed by atoms with Crippen LogP contribution in [-0.2, 0) is 21.3 Å². The summed E-state index contributed by atoms with van der Waals surface area (Å²) < 4.78 is 32.8. The van der Waals surface area contributed by atoms with Crippen molar-refractivity contribution in [2.45, 2.75) is 30.7 Å². The van der Waals surface area contributed by atoms with Gasteiger partial charge in [0.2, 0.25) is 10.0 Å². The Morgan fingerprint density at radius 3 is 2.45 bits per heavy atom. The number of amides is 1. The minimum absolute atomic E-state index is 0.216. The van der Waals surface area contributed by atoms with Gasteiger partial charge in [0, 0.05) is 44.0 Å². The molecule has 2 saturated heterocycles. The molecule has 2 fully saturated rings. The summed E-state index contributed by atoms with van der Waals surface area (Å²) in [6.07, 6.45) is 2.83. The highest BCUT2D eigenvalue weighted by Gasteiger charge is 2.26. The number of carbonyl (C=O) groups is 1. The maximum absolute atomic E-state index is 12.9. The van der Waals surface area contributed by atoms with Crippen molar-refractivity contribution in [2.24, 2.45) is 0 Å². The second-order valence-electron chi connectivity index (χ2n) is 8.04. The second kappa shape index (κ2) is 9.91. The number of hydrogen-bond acceptors (Lipinski definition) is 5. The number of anilines is 1. The second-order valence-corrected chi connectivity index (χ2v) is 9.97. The van der Waals surface area contributed by atoms with E-state index in [0.29, 0.717) is 24.3 Å². The van der Waals surface area contributed by atoms with E-state index in [2.05, 4.69) is 10.2 Å². The number of carbonyl (C=O) groups excluding carboxylic acids is 1. The number of ether oxygens (including phenoxy) is 1. The summed E-state index contributed by atoms with van der Waals surface area (Å²) in [6.45, 7) is 5.11. The summed E-state index contributed by atoms with van der Waals surface area (Å²) >= 11 is 0. The van der Waals surface area contributed by atoms with E-state index >= 15 is 0 Å². The van der Waals surface area contributed by atoms with Crippen molar-refractivity contribution in [3.05, 3.63) is 59.7 Å². The van der Waals surface area contributed by atoms with Crippen LogP contribution < -0.4 is 5.32 Å². The van der Waals surface area contributed by atoms with E-state index in [1.165, 1.54) is 4.31 Å². The van der Waals surface area contributed by atoms with E-state index in [1.54, 1.807) is 30.3 Å². The number of sulfonamides is 1. The number of benzene rings is 2. The summed E-state index contributed by atoms with van der Waals surface area (Å²) in [7, 11) is -3.54. The molecule has 4 rings (SSSR count). The minimum atomic E-state index is -3.54. The molecular weight excluding hydrogens is 414 g/mol. The van der Waals surface area contributed by atoms with Crippen molar-refractivity contribution in [1.82, 2.24) is 9.21 Å². The third-order valence-electron chi connectivity index (χ3n) is 5.74. The highest BCUT2D eigenvalue weighted by molar-refractivity contribution is 7.89. The van der Waals surface area contributed by atoms with Crippen molar-refractivity contribution in [2.75, 3.05) is 44.7 Å². The van der Waals surface area contributed by atoms with Gasteiger partial charge < -0.3 is 10.1 Å². The van der Waals surface area contributed by atoms with Gasteiger partial charge in [0.1, 0.15) is 0 Å². The first kappa shape index (κ1) is 22.0. The third-order valence-corrected chi connectivity index (χ3v) is 7.64. The summed E-state index contributed by atoms with van der Waals surface area (Å²) in [5.41, 5.74) is 2.09. The average molecular weight is 444 g/mol. The fourth-order valence-corrected chi connectivity index (χ4v) is 5.58. The SMILES string of the molecule is O=C(Nc1cccc(S(=O)(=O)N2CCCCC2)c1)c1cccc(CN2CCOCC2)c1. The molecule has 2 aliphatic heterocycles. The van der Waals surface area contributed by atoms with E-state index in [4.69, 9.17) is 4.74 Å². The van der Waals surface area contributed by atoms with Gasteiger partial charge in [-0.2, -0.15) is 4.31 Å². The maximum Gasteiger partial charge on any atom is 0.255 e. The van der Waals surface area contributed by atoms with Crippen molar-refractivity contribution < 1.29 is 17.9 Å². The predicted octanol–water partition coefficient (Wildman–Crippen LogP) is 2.95. The molecule has 1 N–H and O–H groups in total. The molecule has 2 heterocycles. The van der Waals surface area contributed by atoms with Crippen molar-refractivity contribution >= 4 is 21.6 Å². The van der Waals surface area contributed by atoms with E-state index in [-0.39, 0.29) is 10.8 Å². The van der Waals surface area contributed by atoms with E-state index in [9.17, 15) is 13.2 Å². The molecule has 0 atom stereocenters. The predicted molar refractivity (Wildman–Crippen MR) is 120 cm³/mol. The summed E-state index contributed by atoms with van der Waals surface area (Å²) in [5, 5.41) is 2.85. The van der Waals surface area contributed by atoms with Gasteiger partial charge in [0.05, 0.1) is 18.1 Å². The van der Waals surface area contributed by atoms with Crippen LogP contribution in [0.3, 0.4) is 0 Å². The Kier molecular flexibility index (Phi) is 7.02. The van der Waals surface area contributed by atoms with Crippen LogP contribution in [0, 0.1) is 0 Å². The molecule has 0 radical (unpaired) electrons. The van der Waals surface area contributed by atoms with Crippen LogP contribution in [0.25, 0.3) is 0 Å². The van der Waals surface area contributed by atoms with Gasteiger partial charge in [-0.05, 0) is 48.7 Å². The molecule has 0 aliphatic carbocycles. The molecule has 1 amide bonds. The van der Waals surface area contributed by atoms with Crippen LogP contribution >= 0.6 is 0 Å². The molecular formula is C23H29N3O4S. The van der Waals surface area contributed by atoms with Crippen molar-refractivity contribution in [3.63, 3.8) is 0 Å². The molecule has 0 spiro atoms. The topological polar surface area (TPSA) is 79.0 Å². The third kappa shape index (κ3) is 5.51. The normalized spacial score (nSPS) is 18.6. The van der Waals surface area contributed by atoms with E-state index in [0.717, 1.165) is 57.7 Å². The van der Waals surface area contributed by atoms with Gasteiger partial charge in [-0.25, -0.2) is 8.42 Å². The lowest BCUT2D eigenvalue weighted by Gasteiger charge is -2.26. The highest BCUT2D eigenvalue weighted by Crippen LogP contribution is 2.23. The molecule has 8 heteroatoms. The van der Waals surface area contributed by atoms with E-state index < -0.39 is 10.0 Å². The monoisotopic (exact) mass is 443 g/mol. The number of hydrogen-bond donors (Lipinski definition) is 1. The Bertz CT molecular complexity index is 1010. The average Bonchev–Trinajstić information content (AvgIpc) is 2.81. The van der Waals surface area contributed by atoms with Gasteiger partial charge in [-0.15, -0.1) is 0 Å². The highest BCUT2D eigenvalue weighted by atomic mass is 32.2. The molecule has 0 bridgehead atoms. The van der Waals surface area contributed by atoms with Crippen molar-refractivity contribution in [1.29, 1.82) is 0 Å². The maximum atomic E-state index is 12.9. The number of nitrogens with zero attached hydrogens (tertiary/aromatic N) is 2. The van der Waals surface area contributed by atoms with Crippen LogP contribution in [0.2, 0.25) is 0 Å². The Morgan fingerprint density at radius 1 is 0.935 bits per heavy atom. The first-order chi connectivity index (χ1) is 15.0. The van der Waals surface area contributed by atoms with E-state index in [1.807, 2.05) is 18.2 Å². The largest absolute Gasteiger partial charge is 0.379 e. The zero-order valence-electron chi connectivity index (χ0n) is 17.6. The first-order valence-electron chi connectivity index (χ1n) is 10.8. The minimum Gasteiger partial charge on any atom is -0.379 e. The summed E-state index contributed by atoms with van der Waals surface area (Å²) in [5.74, 6) is -0.253. The lowest BCUT2D eigenvalue weighted by molar-refractivity contribution is 0.0342. The number of rotatable bonds is 6. The molecule has 2 aliphatic rings. The number of nitrogens with one attached hydrogen (secondary N) is 1. The van der Waals surface area contributed by atoms with Crippen LogP contribution in [0.1, 0.15) is 35.2 Å². The molecule has 31 heavy (non-hydrogen) atoms. The molecule has 7 nitrogen and oxygen atoms in total. The summed E-state index contributed by atoms with van der Waals surface area (Å²) in [6, 6.07) is 14.1. The lowest BCUT2D eigenvalue weighted by Crippen LogP contribution is -2.35. The zero-order valence-corrected chi connectivity index (χ0v) is 18.4. The Balaban J connectivity index is 1.45. The zero-order chi connectivity index (χ0) is 21.7. The van der Waals surface area contributed by atoms with Gasteiger partial charge >= 0.3 is 0 Å². The molecule has 0 saturated carbocycles. The molecule has 0 unspecified atom stereocenters. The van der Waals surface area contributed by atoms with Crippen molar-refractivity contribution in [3.8, 4) is 0 Å². The quantitative estimate of drug-likeness (QED) is 0.743. The Morgan fingerprint density at radius 2 is 1.68 bits per heavy atom. The molecule has 2 aromatic rings. The van der Waals surface area contributed by atoms with Gasteiger partial charge in [-0.3, -0.25) is 9.69 Å². The smallest absolute Gasteiger partial charge is 0.255 e. The number of morpholine rings is 1. The molecule has 166 valence electrons. The first-order valence-corrected chi connectivity index (χ1v) is 12.3. The van der Waals surface area contributed by atoms with Crippen LogP contribution in [-0.4, -0.2) is 62.9 Å². The van der Waals surface area contributed by atoms with Gasteiger partial charge in [0.15, 0.2) is 0 Å². The molecule has 0 aromatic heterocycles. The number of piperidine rings is 1. The van der Waals surface area contributed by atoms with Crippen LogP contribution in [0.15, 0.2) is 53.4 Å². The van der Waals surface area contributed by atoms with Gasteiger partial charge in [-0.1, -0.05) is 24.6 Å². The standard InChI is InChI=1S/C23H29N3O4S/c27-23(20-7-4-6-19(16-20)18-25-12-14-30-15-13-25)24-21-8-5-9-22(17-21)31(28,29)26-10-2-1-3-11-26/h4-9,16-17H,1-3,10-15,18H2,(H,24,27). The summed E-state index contributed by atoms with van der Waals surface area (Å²) in [4.78, 5) is 15.3. The van der Waals surface area contributed by atoms with Gasteiger partial charge in [0.25, 0.3) is 5.91 Å². The molecule has 2 aromatic carbocycles.